The normalized spacial score (nSPS) is 13.0. The molecule has 0 fully saturated rings. The summed E-state index contributed by atoms with van der Waals surface area (Å²) in [5, 5.41) is 10.4. The number of nitrogens with zero attached hydrogens (tertiary/aromatic N) is 2. The number of hydrogen-bond donors (Lipinski definition) is 1. The molecule has 0 spiro atoms. The van der Waals surface area contributed by atoms with Crippen LogP contribution in [0.1, 0.15) is 28.7 Å². The Balaban J connectivity index is 1.38. The van der Waals surface area contributed by atoms with Crippen molar-refractivity contribution in [3.8, 4) is 16.9 Å². The zero-order valence-corrected chi connectivity index (χ0v) is 21.0. The first-order valence-corrected chi connectivity index (χ1v) is 12.4. The molecule has 1 aromatic heterocycles. The van der Waals surface area contributed by atoms with E-state index in [1.807, 2.05) is 19.2 Å². The van der Waals surface area contributed by atoms with Crippen LogP contribution in [0.4, 0.5) is 4.39 Å². The first kappa shape index (κ1) is 24.6. The third kappa shape index (κ3) is 4.81. The summed E-state index contributed by atoms with van der Waals surface area (Å²) in [6.45, 7) is 0.704. The summed E-state index contributed by atoms with van der Waals surface area (Å²) in [5.41, 5.74) is 5.79. The molecule has 3 aromatic carbocycles. The molecule has 6 nitrogen and oxygen atoms in total. The van der Waals surface area contributed by atoms with Gasteiger partial charge in [-0.05, 0) is 59.4 Å². The zero-order valence-electron chi connectivity index (χ0n) is 21.0. The van der Waals surface area contributed by atoms with Crippen molar-refractivity contribution >= 4 is 22.8 Å². The fourth-order valence-corrected chi connectivity index (χ4v) is 5.38. The van der Waals surface area contributed by atoms with Crippen LogP contribution in [0, 0.1) is 5.82 Å². The number of halogens is 1. The second kappa shape index (κ2) is 10.1. The van der Waals surface area contributed by atoms with Gasteiger partial charge in [0.05, 0.1) is 13.5 Å². The van der Waals surface area contributed by atoms with E-state index in [0.29, 0.717) is 42.7 Å². The van der Waals surface area contributed by atoms with Gasteiger partial charge in [-0.15, -0.1) is 0 Å². The highest BCUT2D eigenvalue weighted by Crippen LogP contribution is 2.38. The number of methoxy groups -OCH3 is 1. The van der Waals surface area contributed by atoms with E-state index >= 15 is 4.39 Å². The van der Waals surface area contributed by atoms with E-state index < -0.39 is 5.97 Å². The summed E-state index contributed by atoms with van der Waals surface area (Å²) in [7, 11) is 3.56. The molecule has 0 aliphatic carbocycles. The van der Waals surface area contributed by atoms with Gasteiger partial charge in [-0.25, -0.2) is 4.39 Å². The van der Waals surface area contributed by atoms with Crippen LogP contribution >= 0.6 is 0 Å². The van der Waals surface area contributed by atoms with Crippen molar-refractivity contribution in [3.05, 3.63) is 88.9 Å². The van der Waals surface area contributed by atoms with Crippen LogP contribution in [-0.4, -0.2) is 40.1 Å². The van der Waals surface area contributed by atoms with Crippen LogP contribution in [-0.2, 0) is 42.4 Å². The Bertz CT molecular complexity index is 1510. The van der Waals surface area contributed by atoms with Crippen LogP contribution in [0.15, 0.2) is 60.8 Å². The molecule has 4 aromatic rings. The number of hydrogen-bond acceptors (Lipinski definition) is 3. The largest absolute Gasteiger partial charge is 0.496 e. The quantitative estimate of drug-likeness (QED) is 0.382. The van der Waals surface area contributed by atoms with Crippen molar-refractivity contribution in [1.82, 2.24) is 9.47 Å². The third-order valence-electron chi connectivity index (χ3n) is 7.20. The maximum atomic E-state index is 15.0. The topological polar surface area (TPSA) is 71.8 Å². The highest BCUT2D eigenvalue weighted by molar-refractivity contribution is 5.85. The van der Waals surface area contributed by atoms with E-state index in [4.69, 9.17) is 4.74 Å². The van der Waals surface area contributed by atoms with E-state index in [1.54, 1.807) is 36.3 Å². The molecule has 0 bridgehead atoms. The fourth-order valence-electron chi connectivity index (χ4n) is 5.38. The monoisotopic (exact) mass is 500 g/mol. The molecule has 1 aliphatic heterocycles. The zero-order chi connectivity index (χ0) is 26.1. The number of rotatable bonds is 7. The predicted octanol–water partition coefficient (Wildman–Crippen LogP) is 5.14. The Morgan fingerprint density at radius 1 is 1.05 bits per heavy atom. The number of carbonyl (C=O) groups excluding carboxylic acids is 1. The maximum Gasteiger partial charge on any atom is 0.307 e. The molecule has 0 saturated heterocycles. The smallest absolute Gasteiger partial charge is 0.307 e. The standard InChI is InChI=1S/C30H29FN2O4/c1-32-17-20(21-5-3-4-6-27(21)32)8-12-29(34)33-14-13-23-22(9-10-26(31)25(23)18-33)24-15-19(16-30(35)36)7-11-28(24)37-2/h3-7,9-11,15,17H,8,12-14,16,18H2,1-2H3,(H,35,36). The lowest BCUT2D eigenvalue weighted by Crippen LogP contribution is -2.36. The second-order valence-corrected chi connectivity index (χ2v) is 9.50. The molecule has 0 unspecified atom stereocenters. The van der Waals surface area contributed by atoms with Crippen molar-refractivity contribution < 1.29 is 23.8 Å². The number of carboxylic acids is 1. The van der Waals surface area contributed by atoms with Gasteiger partial charge in [0.25, 0.3) is 0 Å². The van der Waals surface area contributed by atoms with Gasteiger partial charge < -0.3 is 19.3 Å². The van der Waals surface area contributed by atoms with Gasteiger partial charge in [-0.2, -0.15) is 0 Å². The molecule has 190 valence electrons. The van der Waals surface area contributed by atoms with Gasteiger partial charge in [-0.1, -0.05) is 30.3 Å². The third-order valence-corrected chi connectivity index (χ3v) is 7.20. The highest BCUT2D eigenvalue weighted by Gasteiger charge is 2.26. The number of aryl methyl sites for hydroxylation is 2. The summed E-state index contributed by atoms with van der Waals surface area (Å²) in [4.78, 5) is 26.1. The molecule has 2 heterocycles. The molecule has 37 heavy (non-hydrogen) atoms. The van der Waals surface area contributed by atoms with Crippen LogP contribution in [0.25, 0.3) is 22.0 Å². The summed E-state index contributed by atoms with van der Waals surface area (Å²) in [6.07, 6.45) is 3.45. The Morgan fingerprint density at radius 3 is 2.65 bits per heavy atom. The molecule has 0 atom stereocenters. The number of carboxylic acid groups (broad SMARTS) is 1. The van der Waals surface area contributed by atoms with E-state index in [9.17, 15) is 14.7 Å². The average molecular weight is 501 g/mol. The number of benzene rings is 3. The number of aromatic nitrogens is 1. The van der Waals surface area contributed by atoms with Crippen LogP contribution in [0.5, 0.6) is 5.75 Å². The number of aliphatic carboxylic acids is 1. The van der Waals surface area contributed by atoms with Crippen molar-refractivity contribution in [2.24, 2.45) is 7.05 Å². The highest BCUT2D eigenvalue weighted by atomic mass is 19.1. The van der Waals surface area contributed by atoms with Crippen LogP contribution in [0.2, 0.25) is 0 Å². The first-order valence-electron chi connectivity index (χ1n) is 12.4. The van der Waals surface area contributed by atoms with Gasteiger partial charge in [0.15, 0.2) is 0 Å². The Kier molecular flexibility index (Phi) is 6.70. The molecule has 5 rings (SSSR count). The summed E-state index contributed by atoms with van der Waals surface area (Å²) >= 11 is 0. The number of fused-ring (bicyclic) bond motifs is 2. The lowest BCUT2D eigenvalue weighted by molar-refractivity contribution is -0.136. The molecule has 1 aliphatic rings. The van der Waals surface area contributed by atoms with Crippen molar-refractivity contribution in [1.29, 1.82) is 0 Å². The minimum Gasteiger partial charge on any atom is -0.496 e. The van der Waals surface area contributed by atoms with Crippen molar-refractivity contribution in [2.45, 2.75) is 32.2 Å². The summed E-state index contributed by atoms with van der Waals surface area (Å²) in [6, 6.07) is 16.5. The number of ether oxygens (including phenoxy) is 1. The maximum absolute atomic E-state index is 15.0. The number of amides is 1. The Labute approximate surface area is 214 Å². The van der Waals surface area contributed by atoms with E-state index in [-0.39, 0.29) is 24.7 Å². The van der Waals surface area contributed by atoms with Crippen LogP contribution in [0.3, 0.4) is 0 Å². The minimum atomic E-state index is -0.921. The molecular formula is C30H29FN2O4. The predicted molar refractivity (Wildman–Crippen MR) is 140 cm³/mol. The van der Waals surface area contributed by atoms with Gasteiger partial charge in [-0.3, -0.25) is 9.59 Å². The van der Waals surface area contributed by atoms with Crippen LogP contribution < -0.4 is 4.74 Å². The molecule has 0 saturated carbocycles. The van der Waals surface area contributed by atoms with Crippen molar-refractivity contribution in [2.75, 3.05) is 13.7 Å². The second-order valence-electron chi connectivity index (χ2n) is 9.50. The van der Waals surface area contributed by atoms with Gasteiger partial charge in [0.1, 0.15) is 11.6 Å². The molecular weight excluding hydrogens is 471 g/mol. The molecule has 7 heteroatoms. The van der Waals surface area contributed by atoms with Gasteiger partial charge in [0, 0.05) is 54.8 Å². The average Bonchev–Trinajstić information content (AvgIpc) is 3.22. The van der Waals surface area contributed by atoms with E-state index in [0.717, 1.165) is 33.2 Å². The molecule has 1 N–H and O–H groups in total. The van der Waals surface area contributed by atoms with E-state index in [1.165, 1.54) is 6.07 Å². The van der Waals surface area contributed by atoms with Crippen molar-refractivity contribution in [3.63, 3.8) is 0 Å². The summed E-state index contributed by atoms with van der Waals surface area (Å²) < 4.78 is 22.6. The van der Waals surface area contributed by atoms with Gasteiger partial charge >= 0.3 is 5.97 Å². The SMILES string of the molecule is COc1ccc(CC(=O)O)cc1-c1ccc(F)c2c1CCN(C(=O)CCc1cn(C)c3ccccc13)C2. The summed E-state index contributed by atoms with van der Waals surface area (Å²) in [5.74, 6) is -0.665. The lowest BCUT2D eigenvalue weighted by Gasteiger charge is -2.31. The molecule has 1 amide bonds. The van der Waals surface area contributed by atoms with Gasteiger partial charge in [0.2, 0.25) is 5.91 Å². The molecule has 0 radical (unpaired) electrons. The lowest BCUT2D eigenvalue weighted by atomic mass is 9.89. The fraction of sp³-hybridized carbons (Fsp3) is 0.267. The number of para-hydroxylation sites is 1. The Hall–Kier alpha value is -4.13. The van der Waals surface area contributed by atoms with E-state index in [2.05, 4.69) is 22.9 Å². The Morgan fingerprint density at radius 2 is 1.86 bits per heavy atom. The number of carbonyl (C=O) groups is 2. The minimum absolute atomic E-state index is 0.00410. The first-order chi connectivity index (χ1) is 17.9.